The zero-order valence-electron chi connectivity index (χ0n) is 15.4. The Labute approximate surface area is 160 Å². The van der Waals surface area contributed by atoms with Crippen molar-refractivity contribution >= 4 is 22.6 Å². The smallest absolute Gasteiger partial charge is 0.290 e. The second kappa shape index (κ2) is 8.30. The number of nitrogens with one attached hydrogen (secondary N) is 2. The highest BCUT2D eigenvalue weighted by Crippen LogP contribution is 2.15. The maximum absolute atomic E-state index is 12.6. The van der Waals surface area contributed by atoms with Gasteiger partial charge in [0, 0.05) is 18.1 Å². The molecule has 0 spiro atoms. The number of rotatable bonds is 5. The molecule has 2 N–H and O–H groups in total. The van der Waals surface area contributed by atoms with Crippen LogP contribution in [0.3, 0.4) is 0 Å². The lowest BCUT2D eigenvalue weighted by molar-refractivity contribution is 0.0841. The van der Waals surface area contributed by atoms with Crippen LogP contribution in [-0.2, 0) is 6.54 Å². The third kappa shape index (κ3) is 3.68. The van der Waals surface area contributed by atoms with Crippen LogP contribution in [0, 0.1) is 0 Å². The van der Waals surface area contributed by atoms with Gasteiger partial charge in [-0.25, -0.2) is 9.67 Å². The normalized spacial score (nSPS) is 10.5. The molecule has 9 heteroatoms. The van der Waals surface area contributed by atoms with Gasteiger partial charge in [0.2, 0.25) is 5.88 Å². The lowest BCUT2D eigenvalue weighted by Gasteiger charge is -2.12. The van der Waals surface area contributed by atoms with Crippen molar-refractivity contribution < 1.29 is 14.3 Å². The van der Waals surface area contributed by atoms with Crippen LogP contribution in [-0.4, -0.2) is 33.2 Å². The highest BCUT2D eigenvalue weighted by Gasteiger charge is 2.18. The fraction of sp³-hybridized carbons (Fsp3) is 0.211. The van der Waals surface area contributed by atoms with Gasteiger partial charge >= 0.3 is 0 Å². The molecule has 2 amide bonds. The molecule has 3 rings (SSSR count). The Morgan fingerprint density at radius 1 is 1.04 bits per heavy atom. The summed E-state index contributed by atoms with van der Waals surface area (Å²) in [5.41, 5.74) is 4.59. The van der Waals surface area contributed by atoms with Gasteiger partial charge in [-0.2, -0.15) is 5.10 Å². The Morgan fingerprint density at radius 2 is 1.75 bits per heavy atom. The maximum Gasteiger partial charge on any atom is 0.290 e. The van der Waals surface area contributed by atoms with E-state index in [1.54, 1.807) is 44.2 Å². The van der Waals surface area contributed by atoms with Crippen LogP contribution in [0.4, 0.5) is 0 Å². The van der Waals surface area contributed by atoms with E-state index in [4.69, 9.17) is 4.74 Å². The Kier molecular flexibility index (Phi) is 5.64. The topological polar surface area (TPSA) is 115 Å². The van der Waals surface area contributed by atoms with Crippen LogP contribution in [0.15, 0.2) is 47.4 Å². The van der Waals surface area contributed by atoms with E-state index in [1.165, 1.54) is 16.9 Å². The second-order valence-corrected chi connectivity index (χ2v) is 5.71. The molecule has 2 aromatic heterocycles. The van der Waals surface area contributed by atoms with Gasteiger partial charge in [0.1, 0.15) is 5.56 Å². The molecule has 9 nitrogen and oxygen atoms in total. The summed E-state index contributed by atoms with van der Waals surface area (Å²) in [4.78, 5) is 41.4. The van der Waals surface area contributed by atoms with Crippen molar-refractivity contribution in [2.45, 2.75) is 20.4 Å². The van der Waals surface area contributed by atoms with Gasteiger partial charge in [-0.05, 0) is 32.0 Å². The number of carbonyl (C=O) groups excluding carboxylic acids is 2. The molecular formula is C19H19N5O4. The fourth-order valence-corrected chi connectivity index (χ4v) is 2.67. The average molecular weight is 381 g/mol. The predicted octanol–water partition coefficient (Wildman–Crippen LogP) is 1.28. The van der Waals surface area contributed by atoms with Crippen molar-refractivity contribution in [2.75, 3.05) is 6.61 Å². The van der Waals surface area contributed by atoms with Gasteiger partial charge in [0.15, 0.2) is 5.69 Å². The third-order valence-electron chi connectivity index (χ3n) is 3.97. The minimum Gasteiger partial charge on any atom is -0.477 e. The first kappa shape index (κ1) is 19.0. The van der Waals surface area contributed by atoms with E-state index in [9.17, 15) is 14.4 Å². The average Bonchev–Trinajstić information content (AvgIpc) is 2.73. The highest BCUT2D eigenvalue weighted by atomic mass is 16.5. The largest absolute Gasteiger partial charge is 0.477 e. The van der Waals surface area contributed by atoms with Crippen molar-refractivity contribution in [1.29, 1.82) is 0 Å². The molecule has 1 aromatic carbocycles. The van der Waals surface area contributed by atoms with E-state index < -0.39 is 11.8 Å². The number of benzene rings is 1. The minimum absolute atomic E-state index is 0.0357. The van der Waals surface area contributed by atoms with Crippen LogP contribution >= 0.6 is 0 Å². The molecule has 28 heavy (non-hydrogen) atoms. The molecule has 2 heterocycles. The molecule has 144 valence electrons. The van der Waals surface area contributed by atoms with Crippen LogP contribution in [0.1, 0.15) is 34.7 Å². The van der Waals surface area contributed by atoms with Crippen molar-refractivity contribution in [3.8, 4) is 5.88 Å². The standard InChI is InChI=1S/C19H19N5O4/c1-3-24-19(27)13-9-6-5-8-12(13)15(23-24)17(26)22-21-16(25)14-10-7-11-20-18(14)28-4-2/h5-11H,3-4H2,1-2H3,(H,21,25)(H,22,26). The van der Waals surface area contributed by atoms with E-state index in [0.717, 1.165) is 0 Å². The van der Waals surface area contributed by atoms with Gasteiger partial charge in [-0.3, -0.25) is 25.2 Å². The second-order valence-electron chi connectivity index (χ2n) is 5.71. The van der Waals surface area contributed by atoms with E-state index in [-0.39, 0.29) is 22.7 Å². The summed E-state index contributed by atoms with van der Waals surface area (Å²) in [5.74, 6) is -1.06. The molecular weight excluding hydrogens is 362 g/mol. The number of hydrogen-bond donors (Lipinski definition) is 2. The molecule has 0 saturated carbocycles. The Morgan fingerprint density at radius 3 is 2.46 bits per heavy atom. The molecule has 0 fully saturated rings. The zero-order valence-corrected chi connectivity index (χ0v) is 15.4. The molecule has 0 aliphatic heterocycles. The fourth-order valence-electron chi connectivity index (χ4n) is 2.67. The SMILES string of the molecule is CCOc1ncccc1C(=O)NNC(=O)c1nn(CC)c(=O)c2ccccc12. The van der Waals surface area contributed by atoms with Gasteiger partial charge in [0.05, 0.1) is 12.0 Å². The first-order valence-corrected chi connectivity index (χ1v) is 8.75. The van der Waals surface area contributed by atoms with Crippen LogP contribution < -0.4 is 21.1 Å². The number of hydrogen-bond acceptors (Lipinski definition) is 6. The number of pyridine rings is 1. The van der Waals surface area contributed by atoms with Crippen LogP contribution in [0.25, 0.3) is 10.8 Å². The van der Waals surface area contributed by atoms with Crippen molar-refractivity contribution in [2.24, 2.45) is 0 Å². The monoisotopic (exact) mass is 381 g/mol. The Hall–Kier alpha value is -3.75. The molecule has 0 unspecified atom stereocenters. The number of aromatic nitrogens is 3. The molecule has 0 atom stereocenters. The molecule has 0 aliphatic carbocycles. The third-order valence-corrected chi connectivity index (χ3v) is 3.97. The van der Waals surface area contributed by atoms with E-state index in [2.05, 4.69) is 20.9 Å². The Bertz CT molecular complexity index is 1090. The lowest BCUT2D eigenvalue weighted by Crippen LogP contribution is -2.43. The van der Waals surface area contributed by atoms with E-state index in [0.29, 0.717) is 23.9 Å². The first-order valence-electron chi connectivity index (χ1n) is 8.75. The number of aryl methyl sites for hydroxylation is 1. The van der Waals surface area contributed by atoms with Gasteiger partial charge < -0.3 is 4.74 Å². The van der Waals surface area contributed by atoms with Crippen molar-refractivity contribution in [1.82, 2.24) is 25.6 Å². The van der Waals surface area contributed by atoms with Gasteiger partial charge in [-0.1, -0.05) is 18.2 Å². The number of carbonyl (C=O) groups is 2. The minimum atomic E-state index is -0.645. The van der Waals surface area contributed by atoms with Crippen molar-refractivity contribution in [3.05, 3.63) is 64.2 Å². The molecule has 3 aromatic rings. The van der Waals surface area contributed by atoms with Crippen LogP contribution in [0.2, 0.25) is 0 Å². The zero-order chi connectivity index (χ0) is 20.1. The molecule has 0 bridgehead atoms. The summed E-state index contributed by atoms with van der Waals surface area (Å²) in [6, 6.07) is 9.81. The van der Waals surface area contributed by atoms with Crippen LogP contribution in [0.5, 0.6) is 5.88 Å². The highest BCUT2D eigenvalue weighted by molar-refractivity contribution is 6.06. The number of nitrogens with zero attached hydrogens (tertiary/aromatic N) is 3. The summed E-state index contributed by atoms with van der Waals surface area (Å²) in [6.07, 6.45) is 1.50. The maximum atomic E-state index is 12.6. The molecule has 0 radical (unpaired) electrons. The van der Waals surface area contributed by atoms with Crippen molar-refractivity contribution in [3.63, 3.8) is 0 Å². The molecule has 0 aliphatic rings. The van der Waals surface area contributed by atoms with Gasteiger partial charge in [0.25, 0.3) is 17.4 Å². The molecule has 0 saturated heterocycles. The quantitative estimate of drug-likeness (QED) is 0.644. The number of amides is 2. The summed E-state index contributed by atoms with van der Waals surface area (Å²) in [6.45, 7) is 4.18. The first-order chi connectivity index (χ1) is 13.6. The number of hydrazine groups is 1. The van der Waals surface area contributed by atoms with E-state index >= 15 is 0 Å². The summed E-state index contributed by atoms with van der Waals surface area (Å²) in [7, 11) is 0. The lowest BCUT2D eigenvalue weighted by atomic mass is 10.1. The number of fused-ring (bicyclic) bond motifs is 1. The summed E-state index contributed by atoms with van der Waals surface area (Å²) < 4.78 is 6.52. The van der Waals surface area contributed by atoms with Gasteiger partial charge in [-0.15, -0.1) is 0 Å². The number of ether oxygens (including phenoxy) is 1. The Balaban J connectivity index is 1.86. The summed E-state index contributed by atoms with van der Waals surface area (Å²) in [5, 5.41) is 4.90. The van der Waals surface area contributed by atoms with E-state index in [1.807, 2.05) is 0 Å². The summed E-state index contributed by atoms with van der Waals surface area (Å²) >= 11 is 0. The predicted molar refractivity (Wildman–Crippen MR) is 102 cm³/mol.